The molecular weight excluding hydrogens is 464 g/mol. The third kappa shape index (κ3) is 6.55. The van der Waals surface area contributed by atoms with E-state index in [1.807, 2.05) is 0 Å². The largest absolute Gasteiger partial charge is 0.484 e. The van der Waals surface area contributed by atoms with Gasteiger partial charge in [0.1, 0.15) is 5.75 Å². The lowest BCUT2D eigenvalue weighted by Gasteiger charge is -2.13. The van der Waals surface area contributed by atoms with Crippen LogP contribution in [0.15, 0.2) is 47.4 Å². The molecule has 1 saturated carbocycles. The van der Waals surface area contributed by atoms with Crippen LogP contribution in [0.3, 0.4) is 0 Å². The maximum Gasteiger partial charge on any atom is 0.337 e. The van der Waals surface area contributed by atoms with E-state index in [0.717, 1.165) is 25.7 Å². The predicted molar refractivity (Wildman–Crippen MR) is 122 cm³/mol. The number of hydrogen-bond donors (Lipinski definition) is 2. The van der Waals surface area contributed by atoms with Crippen molar-refractivity contribution in [1.82, 2.24) is 4.72 Å². The highest BCUT2D eigenvalue weighted by atomic mass is 32.2. The summed E-state index contributed by atoms with van der Waals surface area (Å²) in [5.74, 6) is -1.63. The van der Waals surface area contributed by atoms with Crippen LogP contribution in [0.1, 0.15) is 46.4 Å². The molecule has 0 aromatic heterocycles. The second-order valence-electron chi connectivity index (χ2n) is 7.69. The Kier molecular flexibility index (Phi) is 8.24. The molecule has 2 N–H and O–H groups in total. The van der Waals surface area contributed by atoms with E-state index >= 15 is 0 Å². The monoisotopic (exact) mass is 490 g/mol. The number of anilines is 1. The summed E-state index contributed by atoms with van der Waals surface area (Å²) in [4.78, 5) is 36.2. The zero-order valence-electron chi connectivity index (χ0n) is 18.8. The van der Waals surface area contributed by atoms with Gasteiger partial charge in [0.2, 0.25) is 10.0 Å². The number of rotatable bonds is 9. The molecule has 1 aliphatic rings. The standard InChI is InChI=1S/C23H26N2O8S/c1-31-22(27)15-11-16(23(28)32-2)13-18(12-15)24-21(26)14-33-19-7-9-20(10-8-19)34(29,30)25-17-5-3-4-6-17/h7-13,17,25H,3-6,14H2,1-2H3,(H,24,26). The van der Waals surface area contributed by atoms with E-state index in [-0.39, 0.29) is 34.4 Å². The lowest BCUT2D eigenvalue weighted by molar-refractivity contribution is -0.118. The Morgan fingerprint density at radius 2 is 1.47 bits per heavy atom. The molecule has 0 bridgehead atoms. The van der Waals surface area contributed by atoms with E-state index in [2.05, 4.69) is 19.5 Å². The SMILES string of the molecule is COC(=O)c1cc(NC(=O)COc2ccc(S(=O)(=O)NC3CCCC3)cc2)cc(C(=O)OC)c1. The molecule has 1 fully saturated rings. The fraction of sp³-hybridized carbons (Fsp3) is 0.348. The molecule has 0 atom stereocenters. The first-order chi connectivity index (χ1) is 16.2. The van der Waals surface area contributed by atoms with Crippen LogP contribution in [0.5, 0.6) is 5.75 Å². The number of esters is 2. The van der Waals surface area contributed by atoms with Crippen molar-refractivity contribution in [1.29, 1.82) is 0 Å². The lowest BCUT2D eigenvalue weighted by atomic mass is 10.1. The van der Waals surface area contributed by atoms with Crippen molar-refractivity contribution in [2.45, 2.75) is 36.6 Å². The van der Waals surface area contributed by atoms with Crippen LogP contribution in [-0.4, -0.2) is 53.1 Å². The van der Waals surface area contributed by atoms with Crippen molar-refractivity contribution in [2.75, 3.05) is 26.1 Å². The maximum atomic E-state index is 12.5. The van der Waals surface area contributed by atoms with Gasteiger partial charge in [-0.3, -0.25) is 4.79 Å². The summed E-state index contributed by atoms with van der Waals surface area (Å²) < 4.78 is 42.4. The number of carbonyl (C=O) groups excluding carboxylic acids is 3. The molecule has 0 unspecified atom stereocenters. The number of methoxy groups -OCH3 is 2. The fourth-order valence-corrected chi connectivity index (χ4v) is 4.87. The van der Waals surface area contributed by atoms with Crippen LogP contribution in [-0.2, 0) is 24.3 Å². The first kappa shape index (κ1) is 25.2. The first-order valence-electron chi connectivity index (χ1n) is 10.6. The molecule has 2 aromatic carbocycles. The van der Waals surface area contributed by atoms with Crippen molar-refractivity contribution in [3.05, 3.63) is 53.6 Å². The van der Waals surface area contributed by atoms with E-state index in [1.165, 1.54) is 56.7 Å². The first-order valence-corrected chi connectivity index (χ1v) is 12.1. The second-order valence-corrected chi connectivity index (χ2v) is 9.41. The van der Waals surface area contributed by atoms with E-state index in [9.17, 15) is 22.8 Å². The minimum Gasteiger partial charge on any atom is -0.484 e. The van der Waals surface area contributed by atoms with Crippen LogP contribution >= 0.6 is 0 Å². The minimum atomic E-state index is -3.62. The summed E-state index contributed by atoms with van der Waals surface area (Å²) in [6.07, 6.45) is 3.69. The van der Waals surface area contributed by atoms with Gasteiger partial charge >= 0.3 is 11.9 Å². The van der Waals surface area contributed by atoms with Crippen LogP contribution < -0.4 is 14.8 Å². The average Bonchev–Trinajstić information content (AvgIpc) is 3.34. The second kappa shape index (κ2) is 11.1. The normalized spacial score (nSPS) is 13.8. The van der Waals surface area contributed by atoms with Gasteiger partial charge in [-0.15, -0.1) is 0 Å². The summed E-state index contributed by atoms with van der Waals surface area (Å²) >= 11 is 0. The number of carbonyl (C=O) groups is 3. The molecule has 1 aliphatic carbocycles. The Bertz CT molecular complexity index is 1120. The molecule has 1 amide bonds. The van der Waals surface area contributed by atoms with Crippen LogP contribution in [0.25, 0.3) is 0 Å². The number of benzene rings is 2. The van der Waals surface area contributed by atoms with E-state index in [0.29, 0.717) is 5.75 Å². The zero-order chi connectivity index (χ0) is 24.7. The van der Waals surface area contributed by atoms with Crippen molar-refractivity contribution in [3.63, 3.8) is 0 Å². The summed E-state index contributed by atoms with van der Waals surface area (Å²) in [5.41, 5.74) is 0.297. The highest BCUT2D eigenvalue weighted by molar-refractivity contribution is 7.89. The van der Waals surface area contributed by atoms with Gasteiger partial charge < -0.3 is 19.5 Å². The zero-order valence-corrected chi connectivity index (χ0v) is 19.6. The molecule has 10 nitrogen and oxygen atoms in total. The summed E-state index contributed by atoms with van der Waals surface area (Å²) in [7, 11) is -1.23. The summed E-state index contributed by atoms with van der Waals surface area (Å²) in [6, 6.07) is 9.71. The molecule has 0 aliphatic heterocycles. The number of hydrogen-bond acceptors (Lipinski definition) is 8. The molecular formula is C23H26N2O8S. The van der Waals surface area contributed by atoms with Crippen LogP contribution in [0.2, 0.25) is 0 Å². The molecule has 0 spiro atoms. The van der Waals surface area contributed by atoms with Crippen molar-refractivity contribution >= 4 is 33.6 Å². The van der Waals surface area contributed by atoms with Crippen LogP contribution in [0.4, 0.5) is 5.69 Å². The van der Waals surface area contributed by atoms with E-state index < -0.39 is 27.9 Å². The Morgan fingerprint density at radius 1 is 0.912 bits per heavy atom. The maximum absolute atomic E-state index is 12.5. The van der Waals surface area contributed by atoms with E-state index in [1.54, 1.807) is 0 Å². The third-order valence-electron chi connectivity index (χ3n) is 5.24. The topological polar surface area (TPSA) is 137 Å². The number of sulfonamides is 1. The van der Waals surface area contributed by atoms with Crippen molar-refractivity contribution in [3.8, 4) is 5.75 Å². The molecule has 0 radical (unpaired) electrons. The lowest BCUT2D eigenvalue weighted by Crippen LogP contribution is -2.32. The van der Waals surface area contributed by atoms with Crippen molar-refractivity contribution in [2.24, 2.45) is 0 Å². The Labute approximate surface area is 197 Å². The van der Waals surface area contributed by atoms with Gasteiger partial charge in [-0.1, -0.05) is 12.8 Å². The Balaban J connectivity index is 1.61. The van der Waals surface area contributed by atoms with Crippen LogP contribution in [0, 0.1) is 0 Å². The van der Waals surface area contributed by atoms with Gasteiger partial charge in [-0.25, -0.2) is 22.7 Å². The molecule has 2 aromatic rings. The molecule has 3 rings (SSSR count). The van der Waals surface area contributed by atoms with Gasteiger partial charge in [-0.05, 0) is 55.3 Å². The summed E-state index contributed by atoms with van der Waals surface area (Å²) in [5, 5.41) is 2.54. The Hall–Kier alpha value is -3.44. The number of nitrogens with one attached hydrogen (secondary N) is 2. The van der Waals surface area contributed by atoms with Gasteiger partial charge in [0.25, 0.3) is 5.91 Å². The van der Waals surface area contributed by atoms with Gasteiger partial charge in [0.05, 0.1) is 30.2 Å². The molecule has 182 valence electrons. The predicted octanol–water partition coefficient (Wildman–Crippen LogP) is 2.50. The minimum absolute atomic E-state index is 0.0398. The summed E-state index contributed by atoms with van der Waals surface area (Å²) in [6.45, 7) is -0.386. The van der Waals surface area contributed by atoms with Gasteiger partial charge in [0, 0.05) is 11.7 Å². The molecule has 0 saturated heterocycles. The molecule has 34 heavy (non-hydrogen) atoms. The fourth-order valence-electron chi connectivity index (χ4n) is 3.56. The quantitative estimate of drug-likeness (QED) is 0.512. The highest BCUT2D eigenvalue weighted by Crippen LogP contribution is 2.22. The number of ether oxygens (including phenoxy) is 3. The molecule has 0 heterocycles. The van der Waals surface area contributed by atoms with Gasteiger partial charge in [0.15, 0.2) is 6.61 Å². The Morgan fingerprint density at radius 3 is 2.00 bits per heavy atom. The van der Waals surface area contributed by atoms with E-state index in [4.69, 9.17) is 4.74 Å². The molecule has 11 heteroatoms. The smallest absolute Gasteiger partial charge is 0.337 e. The van der Waals surface area contributed by atoms with Gasteiger partial charge in [-0.2, -0.15) is 0 Å². The van der Waals surface area contributed by atoms with Crippen molar-refractivity contribution < 1.29 is 37.0 Å². The third-order valence-corrected chi connectivity index (χ3v) is 6.78. The highest BCUT2D eigenvalue weighted by Gasteiger charge is 2.23. The number of amides is 1. The average molecular weight is 491 g/mol.